The minimum atomic E-state index is -0.516. The van der Waals surface area contributed by atoms with Crippen LogP contribution < -0.4 is 5.32 Å². The van der Waals surface area contributed by atoms with Crippen molar-refractivity contribution in [2.24, 2.45) is 0 Å². The molecular formula is C15H11ClFN3OS. The van der Waals surface area contributed by atoms with Crippen LogP contribution in [0.25, 0.3) is 5.52 Å². The number of rotatable bonds is 4. The number of nitrogens with zero attached hydrogens (tertiary/aromatic N) is 2. The number of carbonyl (C=O) groups is 1. The second-order valence-corrected chi connectivity index (χ2v) is 5.85. The summed E-state index contributed by atoms with van der Waals surface area (Å²) < 4.78 is 15.0. The molecule has 3 aromatic rings. The van der Waals surface area contributed by atoms with Gasteiger partial charge in [0.2, 0.25) is 5.91 Å². The average Bonchev–Trinajstić information content (AvgIpc) is 2.92. The van der Waals surface area contributed by atoms with Crippen molar-refractivity contribution in [1.29, 1.82) is 0 Å². The van der Waals surface area contributed by atoms with Crippen molar-refractivity contribution >= 4 is 40.5 Å². The standard InChI is InChI=1S/C15H11ClFN3OS/c16-12-7-10(4-5-13(12)17)19-14(21)9-22-15-18-8-11-3-1-2-6-20(11)15/h1-8H,9H2,(H,19,21). The molecule has 22 heavy (non-hydrogen) atoms. The second kappa shape index (κ2) is 6.37. The van der Waals surface area contributed by atoms with E-state index in [0.29, 0.717) is 5.69 Å². The highest BCUT2D eigenvalue weighted by Gasteiger charge is 2.09. The van der Waals surface area contributed by atoms with E-state index >= 15 is 0 Å². The van der Waals surface area contributed by atoms with Crippen molar-refractivity contribution in [2.75, 3.05) is 11.1 Å². The second-order valence-electron chi connectivity index (χ2n) is 4.50. The van der Waals surface area contributed by atoms with Crippen LogP contribution in [0.2, 0.25) is 5.02 Å². The van der Waals surface area contributed by atoms with E-state index in [9.17, 15) is 9.18 Å². The monoisotopic (exact) mass is 335 g/mol. The fourth-order valence-corrected chi connectivity index (χ4v) is 2.87. The van der Waals surface area contributed by atoms with Crippen molar-refractivity contribution in [3.8, 4) is 0 Å². The molecule has 4 nitrogen and oxygen atoms in total. The Balaban J connectivity index is 1.63. The molecular weight excluding hydrogens is 325 g/mol. The molecule has 0 aliphatic rings. The molecule has 0 atom stereocenters. The summed E-state index contributed by atoms with van der Waals surface area (Å²) in [6.07, 6.45) is 3.64. The fourth-order valence-electron chi connectivity index (χ4n) is 1.93. The Morgan fingerprint density at radius 2 is 2.23 bits per heavy atom. The van der Waals surface area contributed by atoms with Crippen molar-refractivity contribution in [2.45, 2.75) is 5.16 Å². The number of benzene rings is 1. The van der Waals surface area contributed by atoms with Crippen molar-refractivity contribution in [1.82, 2.24) is 9.38 Å². The van der Waals surface area contributed by atoms with Gasteiger partial charge in [-0.3, -0.25) is 9.20 Å². The van der Waals surface area contributed by atoms with E-state index in [1.54, 1.807) is 6.20 Å². The molecule has 112 valence electrons. The third-order valence-corrected chi connectivity index (χ3v) is 4.20. The van der Waals surface area contributed by atoms with Gasteiger partial charge in [0.25, 0.3) is 0 Å². The molecule has 0 aliphatic carbocycles. The number of pyridine rings is 1. The molecule has 0 spiro atoms. The molecule has 0 aliphatic heterocycles. The Morgan fingerprint density at radius 1 is 1.36 bits per heavy atom. The summed E-state index contributed by atoms with van der Waals surface area (Å²) in [6.45, 7) is 0. The molecule has 0 saturated heterocycles. The maximum Gasteiger partial charge on any atom is 0.234 e. The van der Waals surface area contributed by atoms with Gasteiger partial charge < -0.3 is 5.32 Å². The lowest BCUT2D eigenvalue weighted by molar-refractivity contribution is -0.113. The van der Waals surface area contributed by atoms with Crippen LogP contribution in [0, 0.1) is 5.82 Å². The van der Waals surface area contributed by atoms with Gasteiger partial charge >= 0.3 is 0 Å². The predicted molar refractivity (Wildman–Crippen MR) is 86.0 cm³/mol. The molecule has 0 unspecified atom stereocenters. The van der Waals surface area contributed by atoms with Crippen molar-refractivity contribution < 1.29 is 9.18 Å². The number of carbonyl (C=O) groups excluding carboxylic acids is 1. The SMILES string of the molecule is O=C(CSc1ncc2ccccn12)Nc1ccc(F)c(Cl)c1. The van der Waals surface area contributed by atoms with Crippen LogP contribution in [0.3, 0.4) is 0 Å². The number of amides is 1. The molecule has 1 amide bonds. The lowest BCUT2D eigenvalue weighted by atomic mass is 10.3. The molecule has 7 heteroatoms. The fraction of sp³-hybridized carbons (Fsp3) is 0.0667. The maximum atomic E-state index is 13.1. The van der Waals surface area contributed by atoms with Gasteiger partial charge in [0.15, 0.2) is 5.16 Å². The molecule has 0 radical (unpaired) electrons. The normalized spacial score (nSPS) is 10.8. The first kappa shape index (κ1) is 14.9. The lowest BCUT2D eigenvalue weighted by Crippen LogP contribution is -2.14. The number of hydrogen-bond donors (Lipinski definition) is 1. The molecule has 2 heterocycles. The van der Waals surface area contributed by atoms with Crippen molar-refractivity contribution in [3.63, 3.8) is 0 Å². The van der Waals surface area contributed by atoms with Crippen LogP contribution in [0.5, 0.6) is 0 Å². The van der Waals surface area contributed by atoms with Crippen LogP contribution >= 0.6 is 23.4 Å². The molecule has 1 N–H and O–H groups in total. The van der Waals surface area contributed by atoms with Crippen LogP contribution in [-0.4, -0.2) is 21.0 Å². The van der Waals surface area contributed by atoms with E-state index in [1.165, 1.54) is 30.0 Å². The molecule has 1 aromatic carbocycles. The van der Waals surface area contributed by atoms with Gasteiger partial charge in [-0.2, -0.15) is 0 Å². The van der Waals surface area contributed by atoms with Gasteiger partial charge in [-0.05, 0) is 30.3 Å². The number of halogens is 2. The number of hydrogen-bond acceptors (Lipinski definition) is 3. The van der Waals surface area contributed by atoms with E-state index in [2.05, 4.69) is 10.3 Å². The van der Waals surface area contributed by atoms with E-state index in [4.69, 9.17) is 11.6 Å². The minimum Gasteiger partial charge on any atom is -0.325 e. The van der Waals surface area contributed by atoms with Crippen LogP contribution in [-0.2, 0) is 4.79 Å². The lowest BCUT2D eigenvalue weighted by Gasteiger charge is -2.05. The molecule has 0 fully saturated rings. The van der Waals surface area contributed by atoms with E-state index in [0.717, 1.165) is 10.7 Å². The van der Waals surface area contributed by atoms with Crippen LogP contribution in [0.1, 0.15) is 0 Å². The summed E-state index contributed by atoms with van der Waals surface area (Å²) in [4.78, 5) is 16.2. The number of imidazole rings is 1. The van der Waals surface area contributed by atoms with Gasteiger partial charge in [-0.25, -0.2) is 9.37 Å². The molecule has 0 saturated carbocycles. The predicted octanol–water partition coefficient (Wildman–Crippen LogP) is 3.86. The van der Waals surface area contributed by atoms with E-state index in [1.807, 2.05) is 28.8 Å². The third-order valence-electron chi connectivity index (χ3n) is 2.94. The first-order chi connectivity index (χ1) is 10.6. The Kier molecular flexibility index (Phi) is 4.31. The summed E-state index contributed by atoms with van der Waals surface area (Å²) in [6, 6.07) is 9.83. The van der Waals surface area contributed by atoms with Gasteiger partial charge in [-0.15, -0.1) is 0 Å². The smallest absolute Gasteiger partial charge is 0.234 e. The quantitative estimate of drug-likeness (QED) is 0.736. The zero-order chi connectivity index (χ0) is 15.5. The van der Waals surface area contributed by atoms with Gasteiger partial charge in [0, 0.05) is 11.9 Å². The highest BCUT2D eigenvalue weighted by Crippen LogP contribution is 2.21. The maximum absolute atomic E-state index is 13.1. The Labute approximate surface area is 135 Å². The summed E-state index contributed by atoms with van der Waals surface area (Å²) >= 11 is 7.00. The number of fused-ring (bicyclic) bond motifs is 1. The molecule has 0 bridgehead atoms. The van der Waals surface area contributed by atoms with Gasteiger partial charge in [0.05, 0.1) is 22.5 Å². The van der Waals surface area contributed by atoms with Crippen LogP contribution in [0.4, 0.5) is 10.1 Å². The Bertz CT molecular complexity index is 837. The third kappa shape index (κ3) is 3.23. The molecule has 2 aromatic heterocycles. The zero-order valence-electron chi connectivity index (χ0n) is 11.3. The van der Waals surface area contributed by atoms with Crippen LogP contribution in [0.15, 0.2) is 53.9 Å². The van der Waals surface area contributed by atoms with Gasteiger partial charge in [0.1, 0.15) is 5.82 Å². The number of nitrogens with one attached hydrogen (secondary N) is 1. The van der Waals surface area contributed by atoms with Crippen molar-refractivity contribution in [3.05, 3.63) is 59.6 Å². The number of anilines is 1. The molecule has 3 rings (SSSR count). The largest absolute Gasteiger partial charge is 0.325 e. The summed E-state index contributed by atoms with van der Waals surface area (Å²) in [5, 5.41) is 3.39. The number of aromatic nitrogens is 2. The Morgan fingerprint density at radius 3 is 3.05 bits per heavy atom. The summed E-state index contributed by atoms with van der Waals surface area (Å²) in [7, 11) is 0. The highest BCUT2D eigenvalue weighted by atomic mass is 35.5. The van der Waals surface area contributed by atoms with Gasteiger partial charge in [-0.1, -0.05) is 29.4 Å². The van der Waals surface area contributed by atoms with E-state index < -0.39 is 5.82 Å². The number of thioether (sulfide) groups is 1. The first-order valence-corrected chi connectivity index (χ1v) is 7.79. The zero-order valence-corrected chi connectivity index (χ0v) is 12.9. The van der Waals surface area contributed by atoms with E-state index in [-0.39, 0.29) is 16.7 Å². The first-order valence-electron chi connectivity index (χ1n) is 6.43. The average molecular weight is 336 g/mol. The summed E-state index contributed by atoms with van der Waals surface area (Å²) in [5.41, 5.74) is 1.43. The minimum absolute atomic E-state index is 0.0234. The summed E-state index contributed by atoms with van der Waals surface area (Å²) in [5.74, 6) is -0.526. The highest BCUT2D eigenvalue weighted by molar-refractivity contribution is 7.99. The Hall–Kier alpha value is -2.05. The topological polar surface area (TPSA) is 46.4 Å².